The van der Waals surface area contributed by atoms with Gasteiger partial charge in [0.25, 0.3) is 0 Å². The number of rotatable bonds is 6. The number of nitrogens with zero attached hydrogens (tertiary/aromatic N) is 2. The van der Waals surface area contributed by atoms with Crippen molar-refractivity contribution >= 4 is 27.8 Å². The lowest BCUT2D eigenvalue weighted by Gasteiger charge is -2.20. The summed E-state index contributed by atoms with van der Waals surface area (Å²) in [5, 5.41) is 11.7. The lowest BCUT2D eigenvalue weighted by atomic mass is 10.3. The van der Waals surface area contributed by atoms with Crippen molar-refractivity contribution in [1.82, 2.24) is 0 Å². The lowest BCUT2D eigenvalue weighted by Crippen LogP contribution is -2.24. The van der Waals surface area contributed by atoms with Gasteiger partial charge in [-0.3, -0.25) is 14.9 Å². The number of nitro groups is 1. The molecule has 98 valence electrons. The van der Waals surface area contributed by atoms with Gasteiger partial charge in [-0.25, -0.2) is 0 Å². The zero-order valence-electron chi connectivity index (χ0n) is 10.5. The van der Waals surface area contributed by atoms with E-state index in [4.69, 9.17) is 0 Å². The first-order valence-electron chi connectivity index (χ1n) is 6.07. The second kappa shape index (κ2) is 5.06. The highest BCUT2D eigenvalue weighted by atomic mass is 32.1. The molecule has 18 heavy (non-hydrogen) atoms. The van der Waals surface area contributed by atoms with Crippen LogP contribution < -0.4 is 4.90 Å². The van der Waals surface area contributed by atoms with Crippen molar-refractivity contribution < 1.29 is 9.72 Å². The van der Waals surface area contributed by atoms with Crippen LogP contribution in [0.2, 0.25) is 0 Å². The molecule has 1 heterocycles. The molecule has 1 aliphatic rings. The molecule has 0 aliphatic heterocycles. The molecule has 0 saturated heterocycles. The molecule has 6 heteroatoms. The van der Waals surface area contributed by atoms with Crippen molar-refractivity contribution in [2.75, 3.05) is 18.0 Å². The van der Waals surface area contributed by atoms with Crippen LogP contribution in [0.5, 0.6) is 0 Å². The van der Waals surface area contributed by atoms with Crippen LogP contribution in [0.15, 0.2) is 6.07 Å². The molecule has 0 bridgehead atoms. The standard InChI is InChI=1S/C12H16N2O3S/c1-3-13(7-9-4-5-9)12-10(14(16)17)6-11(18-12)8(2)15/h6,9H,3-5,7H2,1-2H3. The fourth-order valence-corrected chi connectivity index (χ4v) is 2.96. The van der Waals surface area contributed by atoms with E-state index in [-0.39, 0.29) is 11.5 Å². The normalized spacial score (nSPS) is 14.6. The summed E-state index contributed by atoms with van der Waals surface area (Å²) in [5.74, 6) is 0.546. The van der Waals surface area contributed by atoms with E-state index in [1.165, 1.54) is 37.2 Å². The summed E-state index contributed by atoms with van der Waals surface area (Å²) in [6.45, 7) is 5.01. The molecule has 0 unspecified atom stereocenters. The first-order chi connectivity index (χ1) is 8.52. The molecule has 0 spiro atoms. The van der Waals surface area contributed by atoms with Crippen molar-refractivity contribution in [2.45, 2.75) is 26.7 Å². The second-order valence-corrected chi connectivity index (χ2v) is 5.63. The molecule has 1 aromatic heterocycles. The number of thiophene rings is 1. The Morgan fingerprint density at radius 1 is 1.61 bits per heavy atom. The van der Waals surface area contributed by atoms with E-state index in [1.807, 2.05) is 11.8 Å². The summed E-state index contributed by atoms with van der Waals surface area (Å²) in [7, 11) is 0. The van der Waals surface area contributed by atoms with Gasteiger partial charge in [-0.05, 0) is 32.6 Å². The predicted octanol–water partition coefficient (Wildman–Crippen LogP) is 3.10. The maximum absolute atomic E-state index is 11.3. The first-order valence-corrected chi connectivity index (χ1v) is 6.88. The molecule has 0 amide bonds. The van der Waals surface area contributed by atoms with Crippen LogP contribution >= 0.6 is 11.3 Å². The van der Waals surface area contributed by atoms with Gasteiger partial charge in [0.05, 0.1) is 9.80 Å². The van der Waals surface area contributed by atoms with Gasteiger partial charge in [-0.1, -0.05) is 0 Å². The Morgan fingerprint density at radius 2 is 2.28 bits per heavy atom. The van der Waals surface area contributed by atoms with Gasteiger partial charge in [0.1, 0.15) is 0 Å². The first kappa shape index (κ1) is 13.0. The topological polar surface area (TPSA) is 63.5 Å². The Bertz CT molecular complexity index is 480. The zero-order valence-corrected chi connectivity index (χ0v) is 11.3. The molecule has 0 aromatic carbocycles. The highest BCUT2D eigenvalue weighted by Gasteiger charge is 2.29. The summed E-state index contributed by atoms with van der Waals surface area (Å²) < 4.78 is 0. The molecular weight excluding hydrogens is 252 g/mol. The molecule has 1 saturated carbocycles. The molecule has 1 aromatic rings. The molecule has 0 radical (unpaired) electrons. The number of ketones is 1. The molecule has 0 atom stereocenters. The fourth-order valence-electron chi connectivity index (χ4n) is 1.87. The Balaban J connectivity index is 2.32. The van der Waals surface area contributed by atoms with E-state index < -0.39 is 4.92 Å². The van der Waals surface area contributed by atoms with Crippen molar-refractivity contribution in [3.05, 3.63) is 21.1 Å². The number of carbonyl (C=O) groups excluding carboxylic acids is 1. The van der Waals surface area contributed by atoms with Gasteiger partial charge in [0, 0.05) is 19.2 Å². The molecule has 1 aliphatic carbocycles. The van der Waals surface area contributed by atoms with Crippen LogP contribution in [0.3, 0.4) is 0 Å². The Kier molecular flexibility index (Phi) is 3.65. The lowest BCUT2D eigenvalue weighted by molar-refractivity contribution is -0.383. The molecule has 5 nitrogen and oxygen atoms in total. The number of hydrogen-bond acceptors (Lipinski definition) is 5. The SMILES string of the molecule is CCN(CC1CC1)c1sc(C(C)=O)cc1[N+](=O)[O-]. The van der Waals surface area contributed by atoms with Crippen LogP contribution in [-0.2, 0) is 0 Å². The third kappa shape index (κ3) is 2.69. The number of carbonyl (C=O) groups is 1. The maximum Gasteiger partial charge on any atom is 0.304 e. The largest absolute Gasteiger partial charge is 0.358 e. The summed E-state index contributed by atoms with van der Waals surface area (Å²) in [4.78, 5) is 24.5. The van der Waals surface area contributed by atoms with Gasteiger partial charge in [-0.15, -0.1) is 11.3 Å². The van der Waals surface area contributed by atoms with Gasteiger partial charge in [-0.2, -0.15) is 0 Å². The molecule has 2 rings (SSSR count). The summed E-state index contributed by atoms with van der Waals surface area (Å²) >= 11 is 1.23. The second-order valence-electron chi connectivity index (χ2n) is 4.60. The summed E-state index contributed by atoms with van der Waals surface area (Å²) in [6.07, 6.45) is 2.41. The van der Waals surface area contributed by atoms with Crippen molar-refractivity contribution in [3.8, 4) is 0 Å². The smallest absolute Gasteiger partial charge is 0.304 e. The average molecular weight is 268 g/mol. The third-order valence-electron chi connectivity index (χ3n) is 3.08. The van der Waals surface area contributed by atoms with E-state index in [9.17, 15) is 14.9 Å². The highest BCUT2D eigenvalue weighted by molar-refractivity contribution is 7.18. The molecular formula is C12H16N2O3S. The minimum atomic E-state index is -0.395. The van der Waals surface area contributed by atoms with Crippen LogP contribution in [0.4, 0.5) is 10.7 Å². The van der Waals surface area contributed by atoms with E-state index in [1.54, 1.807) is 0 Å². The Morgan fingerprint density at radius 3 is 2.72 bits per heavy atom. The van der Waals surface area contributed by atoms with Crippen LogP contribution in [0.1, 0.15) is 36.4 Å². The van der Waals surface area contributed by atoms with Crippen LogP contribution in [0, 0.1) is 16.0 Å². The molecule has 0 N–H and O–H groups in total. The highest BCUT2D eigenvalue weighted by Crippen LogP contribution is 2.40. The van der Waals surface area contributed by atoms with Gasteiger partial charge in [0.2, 0.25) is 0 Å². The average Bonchev–Trinajstić information content (AvgIpc) is 3.01. The van der Waals surface area contributed by atoms with E-state index in [0.717, 1.165) is 13.1 Å². The summed E-state index contributed by atoms with van der Waals surface area (Å²) in [5.41, 5.74) is 0.0627. The van der Waals surface area contributed by atoms with Crippen molar-refractivity contribution in [1.29, 1.82) is 0 Å². The minimum Gasteiger partial charge on any atom is -0.358 e. The maximum atomic E-state index is 11.3. The predicted molar refractivity (Wildman–Crippen MR) is 71.6 cm³/mol. The van der Waals surface area contributed by atoms with Gasteiger partial charge >= 0.3 is 5.69 Å². The third-order valence-corrected chi connectivity index (χ3v) is 4.37. The molecule has 1 fully saturated rings. The Labute approximate surface area is 110 Å². The van der Waals surface area contributed by atoms with E-state index >= 15 is 0 Å². The quantitative estimate of drug-likeness (QED) is 0.452. The van der Waals surface area contributed by atoms with Crippen molar-refractivity contribution in [3.63, 3.8) is 0 Å². The van der Waals surface area contributed by atoms with Crippen LogP contribution in [0.25, 0.3) is 0 Å². The van der Waals surface area contributed by atoms with Gasteiger partial charge in [0.15, 0.2) is 10.8 Å². The number of Topliss-reactive ketones (excluding diaryl/α,β-unsaturated/α-hetero) is 1. The monoisotopic (exact) mass is 268 g/mol. The number of hydrogen-bond donors (Lipinski definition) is 0. The zero-order chi connectivity index (χ0) is 13.3. The van der Waals surface area contributed by atoms with Crippen LogP contribution in [-0.4, -0.2) is 23.8 Å². The van der Waals surface area contributed by atoms with Gasteiger partial charge < -0.3 is 4.90 Å². The Hall–Kier alpha value is -1.43. The van der Waals surface area contributed by atoms with Crippen molar-refractivity contribution in [2.24, 2.45) is 5.92 Å². The van der Waals surface area contributed by atoms with E-state index in [0.29, 0.717) is 15.8 Å². The fraction of sp³-hybridized carbons (Fsp3) is 0.583. The minimum absolute atomic E-state index is 0.0627. The summed E-state index contributed by atoms with van der Waals surface area (Å²) in [6, 6.07) is 1.40. The number of anilines is 1. The van der Waals surface area contributed by atoms with E-state index in [2.05, 4.69) is 0 Å².